The second-order valence-corrected chi connectivity index (χ2v) is 6.94. The number of hydrogen-bond donors (Lipinski definition) is 0. The molecule has 9 nitrogen and oxygen atoms in total. The molecule has 0 aliphatic carbocycles. The van der Waals surface area contributed by atoms with Gasteiger partial charge in [0.15, 0.2) is 11.5 Å². The summed E-state index contributed by atoms with van der Waals surface area (Å²) >= 11 is 0. The SMILES string of the molecule is COc1cc(C=Nc2cccc3ccccc23)ccc1Oc1ccc([N+](=O)[O-])cc1[N+](=O)[O-]. The number of rotatable bonds is 7. The highest BCUT2D eigenvalue weighted by molar-refractivity contribution is 5.95. The molecule has 0 aliphatic rings. The number of hydrogen-bond acceptors (Lipinski definition) is 7. The van der Waals surface area contributed by atoms with Crippen LogP contribution in [0, 0.1) is 20.2 Å². The maximum atomic E-state index is 11.4. The van der Waals surface area contributed by atoms with Gasteiger partial charge in [0, 0.05) is 17.7 Å². The molecule has 0 radical (unpaired) electrons. The van der Waals surface area contributed by atoms with E-state index in [1.165, 1.54) is 13.2 Å². The van der Waals surface area contributed by atoms with Gasteiger partial charge >= 0.3 is 5.69 Å². The number of methoxy groups -OCH3 is 1. The highest BCUT2D eigenvalue weighted by Crippen LogP contribution is 2.38. The van der Waals surface area contributed by atoms with E-state index < -0.39 is 21.2 Å². The fraction of sp³-hybridized carbons (Fsp3) is 0.0417. The lowest BCUT2D eigenvalue weighted by Crippen LogP contribution is -1.97. The van der Waals surface area contributed by atoms with Gasteiger partial charge in [0.25, 0.3) is 5.69 Å². The van der Waals surface area contributed by atoms with E-state index in [-0.39, 0.29) is 11.5 Å². The first-order valence-electron chi connectivity index (χ1n) is 9.77. The summed E-state index contributed by atoms with van der Waals surface area (Å²) in [5.74, 6) is 0.405. The Morgan fingerprint density at radius 1 is 0.818 bits per heavy atom. The predicted octanol–water partition coefficient (Wildman–Crippen LogP) is 6.21. The summed E-state index contributed by atoms with van der Waals surface area (Å²) in [5.41, 5.74) is 0.619. The number of nitrogens with zero attached hydrogens (tertiary/aromatic N) is 3. The molecular weight excluding hydrogens is 426 g/mol. The maximum absolute atomic E-state index is 11.4. The lowest BCUT2D eigenvalue weighted by molar-refractivity contribution is -0.394. The fourth-order valence-electron chi connectivity index (χ4n) is 3.28. The third-order valence-electron chi connectivity index (χ3n) is 4.88. The molecule has 0 saturated heterocycles. The molecule has 0 atom stereocenters. The fourth-order valence-corrected chi connectivity index (χ4v) is 3.28. The normalized spacial score (nSPS) is 10.9. The first-order valence-corrected chi connectivity index (χ1v) is 9.77. The molecule has 0 heterocycles. The second kappa shape index (κ2) is 9.15. The van der Waals surface area contributed by atoms with E-state index in [0.717, 1.165) is 34.2 Å². The lowest BCUT2D eigenvalue weighted by atomic mass is 10.1. The van der Waals surface area contributed by atoms with Gasteiger partial charge in [0.1, 0.15) is 0 Å². The third-order valence-corrected chi connectivity index (χ3v) is 4.88. The largest absolute Gasteiger partial charge is 0.493 e. The molecule has 4 aromatic rings. The highest BCUT2D eigenvalue weighted by Gasteiger charge is 2.22. The Labute approximate surface area is 187 Å². The van der Waals surface area contributed by atoms with E-state index in [1.807, 2.05) is 42.5 Å². The summed E-state index contributed by atoms with van der Waals surface area (Å²) in [6.07, 6.45) is 1.68. The monoisotopic (exact) mass is 443 g/mol. The van der Waals surface area contributed by atoms with E-state index in [1.54, 1.807) is 24.4 Å². The smallest absolute Gasteiger partial charge is 0.318 e. The first-order chi connectivity index (χ1) is 16.0. The lowest BCUT2D eigenvalue weighted by Gasteiger charge is -2.11. The van der Waals surface area contributed by atoms with Crippen molar-refractivity contribution in [1.29, 1.82) is 0 Å². The Bertz CT molecular complexity index is 1400. The predicted molar refractivity (Wildman–Crippen MR) is 124 cm³/mol. The number of nitro groups is 2. The van der Waals surface area contributed by atoms with Crippen molar-refractivity contribution < 1.29 is 19.3 Å². The molecular formula is C24H17N3O6. The molecule has 0 spiro atoms. The first kappa shape index (κ1) is 21.4. The van der Waals surface area contributed by atoms with Gasteiger partial charge in [-0.3, -0.25) is 25.2 Å². The minimum Gasteiger partial charge on any atom is -0.493 e. The summed E-state index contributed by atoms with van der Waals surface area (Å²) in [5, 5.41) is 24.4. The molecule has 0 aromatic heterocycles. The molecule has 33 heavy (non-hydrogen) atoms. The zero-order valence-electron chi connectivity index (χ0n) is 17.4. The van der Waals surface area contributed by atoms with Crippen LogP contribution in [0.2, 0.25) is 0 Å². The van der Waals surface area contributed by atoms with Crippen LogP contribution in [0.15, 0.2) is 83.9 Å². The molecule has 164 valence electrons. The van der Waals surface area contributed by atoms with Gasteiger partial charge in [-0.1, -0.05) is 36.4 Å². The topological polar surface area (TPSA) is 117 Å². The van der Waals surface area contributed by atoms with Crippen LogP contribution in [0.1, 0.15) is 5.56 Å². The molecule has 0 unspecified atom stereocenters. The van der Waals surface area contributed by atoms with Gasteiger partial charge in [0.05, 0.1) is 28.7 Å². The van der Waals surface area contributed by atoms with Crippen molar-refractivity contribution in [3.63, 3.8) is 0 Å². The van der Waals surface area contributed by atoms with Crippen LogP contribution in [0.4, 0.5) is 17.1 Å². The Morgan fingerprint density at radius 2 is 1.58 bits per heavy atom. The zero-order chi connectivity index (χ0) is 23.4. The van der Waals surface area contributed by atoms with E-state index in [4.69, 9.17) is 9.47 Å². The molecule has 4 rings (SSSR count). The van der Waals surface area contributed by atoms with Crippen molar-refractivity contribution in [3.05, 3.63) is 105 Å². The van der Waals surface area contributed by atoms with Crippen LogP contribution < -0.4 is 9.47 Å². The van der Waals surface area contributed by atoms with Crippen molar-refractivity contribution in [3.8, 4) is 17.2 Å². The summed E-state index contributed by atoms with van der Waals surface area (Å²) < 4.78 is 11.0. The van der Waals surface area contributed by atoms with Crippen molar-refractivity contribution >= 4 is 34.0 Å². The maximum Gasteiger partial charge on any atom is 0.318 e. The molecule has 0 N–H and O–H groups in total. The third kappa shape index (κ3) is 4.62. The zero-order valence-corrected chi connectivity index (χ0v) is 17.4. The van der Waals surface area contributed by atoms with E-state index in [9.17, 15) is 20.2 Å². The van der Waals surface area contributed by atoms with Gasteiger partial charge < -0.3 is 9.47 Å². The van der Waals surface area contributed by atoms with Gasteiger partial charge in [0.2, 0.25) is 5.75 Å². The summed E-state index contributed by atoms with van der Waals surface area (Å²) in [4.78, 5) is 25.4. The summed E-state index contributed by atoms with van der Waals surface area (Å²) in [7, 11) is 1.44. The summed E-state index contributed by atoms with van der Waals surface area (Å²) in [6, 6.07) is 22.0. The van der Waals surface area contributed by atoms with Crippen molar-refractivity contribution in [2.24, 2.45) is 4.99 Å². The van der Waals surface area contributed by atoms with Crippen molar-refractivity contribution in [2.75, 3.05) is 7.11 Å². The van der Waals surface area contributed by atoms with Gasteiger partial charge in [-0.05, 0) is 41.3 Å². The molecule has 0 fully saturated rings. The number of fused-ring (bicyclic) bond motifs is 1. The van der Waals surface area contributed by atoms with Crippen LogP contribution in [0.25, 0.3) is 10.8 Å². The average Bonchev–Trinajstić information content (AvgIpc) is 2.83. The van der Waals surface area contributed by atoms with Crippen LogP contribution in [-0.4, -0.2) is 23.2 Å². The minimum atomic E-state index is -0.736. The number of ether oxygens (including phenoxy) is 2. The molecule has 9 heteroatoms. The molecule has 0 saturated carbocycles. The number of non-ortho nitro benzene ring substituents is 1. The number of nitro benzene ring substituents is 2. The van der Waals surface area contributed by atoms with Crippen LogP contribution >= 0.6 is 0 Å². The quantitative estimate of drug-likeness (QED) is 0.190. The number of aliphatic imine (C=N–C) groups is 1. The molecule has 0 aliphatic heterocycles. The van der Waals surface area contributed by atoms with Crippen LogP contribution in [0.3, 0.4) is 0 Å². The van der Waals surface area contributed by atoms with Gasteiger partial charge in [-0.15, -0.1) is 0 Å². The molecule has 4 aromatic carbocycles. The van der Waals surface area contributed by atoms with Crippen LogP contribution in [0.5, 0.6) is 17.2 Å². The van der Waals surface area contributed by atoms with E-state index >= 15 is 0 Å². The Morgan fingerprint density at radius 3 is 2.33 bits per heavy atom. The number of benzene rings is 4. The van der Waals surface area contributed by atoms with Gasteiger partial charge in [-0.25, -0.2) is 0 Å². The summed E-state index contributed by atoms with van der Waals surface area (Å²) in [6.45, 7) is 0. The Balaban J connectivity index is 1.63. The second-order valence-electron chi connectivity index (χ2n) is 6.94. The van der Waals surface area contributed by atoms with E-state index in [2.05, 4.69) is 4.99 Å². The Kier molecular flexibility index (Phi) is 5.94. The highest BCUT2D eigenvalue weighted by atomic mass is 16.6. The average molecular weight is 443 g/mol. The Hall–Kier alpha value is -4.79. The minimum absolute atomic E-state index is 0.138. The molecule has 0 amide bonds. The van der Waals surface area contributed by atoms with Crippen LogP contribution in [-0.2, 0) is 0 Å². The van der Waals surface area contributed by atoms with E-state index in [0.29, 0.717) is 5.75 Å². The van der Waals surface area contributed by atoms with Crippen molar-refractivity contribution in [1.82, 2.24) is 0 Å². The van der Waals surface area contributed by atoms with Crippen molar-refractivity contribution in [2.45, 2.75) is 0 Å². The molecule has 0 bridgehead atoms. The van der Waals surface area contributed by atoms with Gasteiger partial charge in [-0.2, -0.15) is 0 Å². The standard InChI is InChI=1S/C24H17N3O6/c1-32-24-13-16(15-25-20-8-4-6-17-5-2-3-7-19(17)20)9-11-23(24)33-22-12-10-18(26(28)29)14-21(22)27(30)31/h2-15H,1H3.